The van der Waals surface area contributed by atoms with Crippen LogP contribution < -0.4 is 10.9 Å². The number of carbonyl (C=O) groups is 2. The molecule has 3 rings (SSSR count). The molecule has 0 radical (unpaired) electrons. The largest absolute Gasteiger partial charge is 0.351 e. The summed E-state index contributed by atoms with van der Waals surface area (Å²) in [4.78, 5) is 41.2. The molecule has 1 aromatic heterocycles. The minimum absolute atomic E-state index is 0.0893. The van der Waals surface area contributed by atoms with E-state index in [1.807, 2.05) is 24.8 Å². The Morgan fingerprint density at radius 1 is 1.29 bits per heavy atom. The smallest absolute Gasteiger partial charge is 0.253 e. The average Bonchev–Trinajstić information content (AvgIpc) is 3.14. The van der Waals surface area contributed by atoms with Crippen LogP contribution in [0.2, 0.25) is 0 Å². The second-order valence-corrected chi connectivity index (χ2v) is 7.05. The summed E-state index contributed by atoms with van der Waals surface area (Å²) in [5.41, 5.74) is 2.08. The number of aromatic amines is 1. The third-order valence-electron chi connectivity index (χ3n) is 5.23. The number of nitrogens with zero attached hydrogens (tertiary/aromatic N) is 1. The molecule has 2 fully saturated rings. The first-order chi connectivity index (χ1) is 11.5. The quantitative estimate of drug-likeness (QED) is 0.875. The number of aryl methyl sites for hydroxylation is 2. The molecule has 1 aliphatic heterocycles. The first-order valence-electron chi connectivity index (χ1n) is 8.72. The molecule has 1 saturated carbocycles. The summed E-state index contributed by atoms with van der Waals surface area (Å²) < 4.78 is 0. The van der Waals surface area contributed by atoms with Crippen molar-refractivity contribution in [2.45, 2.75) is 58.5 Å². The Balaban J connectivity index is 1.60. The highest BCUT2D eigenvalue weighted by Crippen LogP contribution is 2.29. The van der Waals surface area contributed by atoms with Crippen molar-refractivity contribution in [2.24, 2.45) is 5.92 Å². The summed E-state index contributed by atoms with van der Waals surface area (Å²) >= 11 is 0. The Bertz CT molecular complexity index is 704. The zero-order valence-corrected chi connectivity index (χ0v) is 14.4. The zero-order chi connectivity index (χ0) is 17.3. The number of rotatable bonds is 4. The topological polar surface area (TPSA) is 82.3 Å². The fraction of sp³-hybridized carbons (Fsp3) is 0.611. The molecule has 0 unspecified atom stereocenters. The first kappa shape index (κ1) is 16.7. The van der Waals surface area contributed by atoms with E-state index >= 15 is 0 Å². The standard InChI is InChI=1S/C18H25N3O3/c1-11-7-12(2)20-18(24)15(11)9-19-17(23)13-8-16(22)21(10-13)14-5-3-4-6-14/h7,13-14H,3-6,8-10H2,1-2H3,(H,19,23)(H,20,24)/t13-/m1/s1. The van der Waals surface area contributed by atoms with E-state index in [9.17, 15) is 14.4 Å². The van der Waals surface area contributed by atoms with Crippen molar-refractivity contribution in [3.63, 3.8) is 0 Å². The van der Waals surface area contributed by atoms with Crippen molar-refractivity contribution in [2.75, 3.05) is 6.54 Å². The predicted octanol–water partition coefficient (Wildman–Crippen LogP) is 1.40. The third-order valence-corrected chi connectivity index (χ3v) is 5.23. The fourth-order valence-electron chi connectivity index (χ4n) is 3.90. The molecule has 2 N–H and O–H groups in total. The molecule has 2 heterocycles. The van der Waals surface area contributed by atoms with E-state index in [0.717, 1.165) is 24.1 Å². The van der Waals surface area contributed by atoms with Gasteiger partial charge >= 0.3 is 0 Å². The van der Waals surface area contributed by atoms with Gasteiger partial charge in [0.2, 0.25) is 11.8 Å². The minimum atomic E-state index is -0.303. The molecule has 24 heavy (non-hydrogen) atoms. The van der Waals surface area contributed by atoms with Crippen LogP contribution in [0.5, 0.6) is 0 Å². The molecule has 1 aromatic rings. The normalized spacial score (nSPS) is 21.5. The van der Waals surface area contributed by atoms with E-state index in [2.05, 4.69) is 10.3 Å². The van der Waals surface area contributed by atoms with Crippen molar-refractivity contribution in [1.29, 1.82) is 0 Å². The molecule has 1 saturated heterocycles. The molecule has 6 nitrogen and oxygen atoms in total. The second kappa shape index (κ2) is 6.79. The van der Waals surface area contributed by atoms with Crippen LogP contribution in [0.15, 0.2) is 10.9 Å². The predicted molar refractivity (Wildman–Crippen MR) is 90.5 cm³/mol. The number of H-pyrrole nitrogens is 1. The Morgan fingerprint density at radius 3 is 2.67 bits per heavy atom. The Hall–Kier alpha value is -2.11. The number of hydrogen-bond acceptors (Lipinski definition) is 3. The van der Waals surface area contributed by atoms with Crippen LogP contribution >= 0.6 is 0 Å². The van der Waals surface area contributed by atoms with Crippen LogP contribution in [0.4, 0.5) is 0 Å². The second-order valence-electron chi connectivity index (χ2n) is 7.05. The highest BCUT2D eigenvalue weighted by molar-refractivity contribution is 5.89. The van der Waals surface area contributed by atoms with E-state index in [0.29, 0.717) is 18.2 Å². The number of nitrogens with one attached hydrogen (secondary N) is 2. The number of aromatic nitrogens is 1. The molecule has 130 valence electrons. The van der Waals surface area contributed by atoms with Crippen LogP contribution in [0.1, 0.15) is 48.9 Å². The maximum absolute atomic E-state index is 12.4. The molecule has 1 atom stereocenters. The molecule has 1 aliphatic carbocycles. The van der Waals surface area contributed by atoms with Gasteiger partial charge in [0.15, 0.2) is 0 Å². The van der Waals surface area contributed by atoms with Gasteiger partial charge in [-0.3, -0.25) is 14.4 Å². The summed E-state index contributed by atoms with van der Waals surface area (Å²) in [6, 6.07) is 2.21. The highest BCUT2D eigenvalue weighted by atomic mass is 16.2. The molecule has 2 aliphatic rings. The SMILES string of the molecule is Cc1cc(C)c(CNC(=O)[C@@H]2CC(=O)N(C3CCCC3)C2)c(=O)[nH]1. The van der Waals surface area contributed by atoms with Gasteiger partial charge in [0.25, 0.3) is 5.56 Å². The van der Waals surface area contributed by atoms with Gasteiger partial charge in [0, 0.05) is 36.8 Å². The van der Waals surface area contributed by atoms with Crippen molar-refractivity contribution in [3.05, 3.63) is 33.2 Å². The zero-order valence-electron chi connectivity index (χ0n) is 14.4. The van der Waals surface area contributed by atoms with Gasteiger partial charge in [-0.05, 0) is 38.3 Å². The van der Waals surface area contributed by atoms with Crippen molar-refractivity contribution in [3.8, 4) is 0 Å². The lowest BCUT2D eigenvalue weighted by Gasteiger charge is -2.23. The van der Waals surface area contributed by atoms with E-state index in [1.165, 1.54) is 12.8 Å². The first-order valence-corrected chi connectivity index (χ1v) is 8.72. The van der Waals surface area contributed by atoms with Gasteiger partial charge in [-0.25, -0.2) is 0 Å². The summed E-state index contributed by atoms with van der Waals surface area (Å²) in [6.45, 7) is 4.41. The summed E-state index contributed by atoms with van der Waals surface area (Å²) in [5, 5.41) is 2.84. The summed E-state index contributed by atoms with van der Waals surface area (Å²) in [6.07, 6.45) is 4.73. The molecule has 0 spiro atoms. The molecule has 2 amide bonds. The number of likely N-dealkylation sites (tertiary alicyclic amines) is 1. The number of hydrogen-bond donors (Lipinski definition) is 2. The van der Waals surface area contributed by atoms with E-state index < -0.39 is 0 Å². The minimum Gasteiger partial charge on any atom is -0.351 e. The van der Waals surface area contributed by atoms with Crippen molar-refractivity contribution < 1.29 is 9.59 Å². The summed E-state index contributed by atoms with van der Waals surface area (Å²) in [5.74, 6) is -0.349. The average molecular weight is 331 g/mol. The maximum atomic E-state index is 12.4. The number of amides is 2. The van der Waals surface area contributed by atoms with Crippen LogP contribution in [0.25, 0.3) is 0 Å². The van der Waals surface area contributed by atoms with Gasteiger partial charge in [-0.1, -0.05) is 12.8 Å². The van der Waals surface area contributed by atoms with E-state index in [4.69, 9.17) is 0 Å². The van der Waals surface area contributed by atoms with E-state index in [-0.39, 0.29) is 36.3 Å². The van der Waals surface area contributed by atoms with Gasteiger partial charge in [-0.15, -0.1) is 0 Å². The molecule has 0 bridgehead atoms. The van der Waals surface area contributed by atoms with Crippen LogP contribution in [0, 0.1) is 19.8 Å². The summed E-state index contributed by atoms with van der Waals surface area (Å²) in [7, 11) is 0. The molecule has 0 aromatic carbocycles. The molecular weight excluding hydrogens is 306 g/mol. The lowest BCUT2D eigenvalue weighted by atomic mass is 10.1. The Morgan fingerprint density at radius 2 is 2.00 bits per heavy atom. The van der Waals surface area contributed by atoms with Crippen molar-refractivity contribution in [1.82, 2.24) is 15.2 Å². The highest BCUT2D eigenvalue weighted by Gasteiger charge is 2.38. The number of pyridine rings is 1. The fourth-order valence-corrected chi connectivity index (χ4v) is 3.90. The lowest BCUT2D eigenvalue weighted by molar-refractivity contribution is -0.130. The van der Waals surface area contributed by atoms with Gasteiger partial charge in [-0.2, -0.15) is 0 Å². The lowest BCUT2D eigenvalue weighted by Crippen LogP contribution is -2.37. The molecule has 6 heteroatoms. The van der Waals surface area contributed by atoms with Crippen molar-refractivity contribution >= 4 is 11.8 Å². The van der Waals surface area contributed by atoms with Crippen LogP contribution in [0.3, 0.4) is 0 Å². The van der Waals surface area contributed by atoms with Gasteiger partial charge in [0.1, 0.15) is 0 Å². The van der Waals surface area contributed by atoms with E-state index in [1.54, 1.807) is 0 Å². The third kappa shape index (κ3) is 3.37. The van der Waals surface area contributed by atoms with Gasteiger partial charge in [0.05, 0.1) is 5.92 Å². The monoisotopic (exact) mass is 331 g/mol. The Labute approximate surface area is 141 Å². The van der Waals surface area contributed by atoms with Crippen LogP contribution in [-0.2, 0) is 16.1 Å². The Kier molecular flexibility index (Phi) is 4.73. The molecular formula is C18H25N3O3. The number of carbonyl (C=O) groups excluding carboxylic acids is 2. The van der Waals surface area contributed by atoms with Gasteiger partial charge < -0.3 is 15.2 Å². The van der Waals surface area contributed by atoms with Crippen LogP contribution in [-0.4, -0.2) is 34.3 Å². The maximum Gasteiger partial charge on any atom is 0.253 e.